The van der Waals surface area contributed by atoms with Crippen LogP contribution in [0.25, 0.3) is 0 Å². The third kappa shape index (κ3) is 3.38. The highest BCUT2D eigenvalue weighted by molar-refractivity contribution is 5.97. The molecule has 19 heavy (non-hydrogen) atoms. The number of aromatic hydroxyl groups is 1. The lowest BCUT2D eigenvalue weighted by Gasteiger charge is -2.22. The van der Waals surface area contributed by atoms with Crippen molar-refractivity contribution in [2.75, 3.05) is 20.3 Å². The standard InChI is InChI=1S/C14H19NO4/c1-18-12-7-4-6-11(13(12)16)14(17)15-9-10-5-2-3-8-19-10/h4,6-7,10,16H,2-3,5,8-9H2,1H3,(H,15,17). The molecule has 1 heterocycles. The molecule has 0 aromatic heterocycles. The summed E-state index contributed by atoms with van der Waals surface area (Å²) in [5, 5.41) is 12.7. The van der Waals surface area contributed by atoms with Gasteiger partial charge in [-0.1, -0.05) is 6.07 Å². The number of hydrogen-bond acceptors (Lipinski definition) is 4. The average Bonchev–Trinajstić information content (AvgIpc) is 2.46. The predicted octanol–water partition coefficient (Wildman–Crippen LogP) is 1.70. The average molecular weight is 265 g/mol. The lowest BCUT2D eigenvalue weighted by molar-refractivity contribution is 0.0168. The van der Waals surface area contributed by atoms with Crippen molar-refractivity contribution in [2.24, 2.45) is 0 Å². The molecule has 2 rings (SSSR count). The Morgan fingerprint density at radius 3 is 3.05 bits per heavy atom. The van der Waals surface area contributed by atoms with Crippen molar-refractivity contribution >= 4 is 5.91 Å². The summed E-state index contributed by atoms with van der Waals surface area (Å²) >= 11 is 0. The van der Waals surface area contributed by atoms with Gasteiger partial charge in [0.2, 0.25) is 0 Å². The van der Waals surface area contributed by atoms with Crippen LogP contribution in [0.1, 0.15) is 29.6 Å². The molecule has 0 spiro atoms. The quantitative estimate of drug-likeness (QED) is 0.869. The van der Waals surface area contributed by atoms with Gasteiger partial charge >= 0.3 is 0 Å². The van der Waals surface area contributed by atoms with E-state index in [0.29, 0.717) is 12.3 Å². The second kappa shape index (κ2) is 6.43. The van der Waals surface area contributed by atoms with Crippen LogP contribution in [0, 0.1) is 0 Å². The summed E-state index contributed by atoms with van der Waals surface area (Å²) < 4.78 is 10.5. The molecule has 5 nitrogen and oxygen atoms in total. The number of hydrogen-bond donors (Lipinski definition) is 2. The Labute approximate surface area is 112 Å². The van der Waals surface area contributed by atoms with Crippen LogP contribution in [0.2, 0.25) is 0 Å². The highest BCUT2D eigenvalue weighted by atomic mass is 16.5. The predicted molar refractivity (Wildman–Crippen MR) is 70.6 cm³/mol. The molecule has 1 aromatic carbocycles. The number of para-hydroxylation sites is 1. The van der Waals surface area contributed by atoms with Crippen molar-refractivity contribution in [2.45, 2.75) is 25.4 Å². The van der Waals surface area contributed by atoms with Gasteiger partial charge in [0.15, 0.2) is 11.5 Å². The van der Waals surface area contributed by atoms with Gasteiger partial charge in [0.1, 0.15) is 0 Å². The van der Waals surface area contributed by atoms with E-state index in [1.54, 1.807) is 18.2 Å². The molecule has 0 saturated carbocycles. The Morgan fingerprint density at radius 2 is 2.37 bits per heavy atom. The number of rotatable bonds is 4. The van der Waals surface area contributed by atoms with Crippen molar-refractivity contribution < 1.29 is 19.4 Å². The molecule has 1 fully saturated rings. The number of methoxy groups -OCH3 is 1. The second-order valence-electron chi connectivity index (χ2n) is 4.56. The number of benzene rings is 1. The Hall–Kier alpha value is -1.75. The molecular weight excluding hydrogens is 246 g/mol. The van der Waals surface area contributed by atoms with Crippen LogP contribution >= 0.6 is 0 Å². The molecule has 5 heteroatoms. The zero-order valence-corrected chi connectivity index (χ0v) is 11.0. The fraction of sp³-hybridized carbons (Fsp3) is 0.500. The fourth-order valence-electron chi connectivity index (χ4n) is 2.14. The third-order valence-corrected chi connectivity index (χ3v) is 3.23. The number of carbonyl (C=O) groups is 1. The Morgan fingerprint density at radius 1 is 1.53 bits per heavy atom. The largest absolute Gasteiger partial charge is 0.504 e. The van der Waals surface area contributed by atoms with Gasteiger partial charge in [-0.25, -0.2) is 0 Å². The fourth-order valence-corrected chi connectivity index (χ4v) is 2.14. The van der Waals surface area contributed by atoms with E-state index in [4.69, 9.17) is 9.47 Å². The zero-order valence-electron chi connectivity index (χ0n) is 11.0. The summed E-state index contributed by atoms with van der Waals surface area (Å²) in [6, 6.07) is 4.84. The number of nitrogens with one attached hydrogen (secondary N) is 1. The number of ether oxygens (including phenoxy) is 2. The molecule has 0 radical (unpaired) electrons. The van der Waals surface area contributed by atoms with Gasteiger partial charge in [-0.15, -0.1) is 0 Å². The van der Waals surface area contributed by atoms with Gasteiger partial charge in [-0.3, -0.25) is 4.79 Å². The van der Waals surface area contributed by atoms with E-state index in [9.17, 15) is 9.90 Å². The lowest BCUT2D eigenvalue weighted by Crippen LogP contribution is -2.35. The zero-order chi connectivity index (χ0) is 13.7. The minimum absolute atomic E-state index is 0.0745. The Kier molecular flexibility index (Phi) is 4.63. The molecule has 1 aliphatic rings. The molecule has 0 bridgehead atoms. The molecule has 2 N–H and O–H groups in total. The summed E-state index contributed by atoms with van der Waals surface area (Å²) in [6.45, 7) is 1.22. The van der Waals surface area contributed by atoms with E-state index >= 15 is 0 Å². The van der Waals surface area contributed by atoms with Gasteiger partial charge in [0.25, 0.3) is 5.91 Å². The highest BCUT2D eigenvalue weighted by Gasteiger charge is 2.18. The van der Waals surface area contributed by atoms with Crippen molar-refractivity contribution in [3.8, 4) is 11.5 Å². The number of phenolic OH excluding ortho intramolecular Hbond substituents is 1. The first-order valence-electron chi connectivity index (χ1n) is 6.48. The maximum absolute atomic E-state index is 12.0. The molecule has 1 aliphatic heterocycles. The minimum Gasteiger partial charge on any atom is -0.504 e. The normalized spacial score (nSPS) is 18.9. The third-order valence-electron chi connectivity index (χ3n) is 3.23. The van der Waals surface area contributed by atoms with Crippen molar-refractivity contribution in [1.82, 2.24) is 5.32 Å². The van der Waals surface area contributed by atoms with Crippen LogP contribution in [-0.2, 0) is 4.74 Å². The Balaban J connectivity index is 1.95. The monoisotopic (exact) mass is 265 g/mol. The molecule has 1 unspecified atom stereocenters. The van der Waals surface area contributed by atoms with Gasteiger partial charge < -0.3 is 19.9 Å². The van der Waals surface area contributed by atoms with Crippen LogP contribution in [-0.4, -0.2) is 37.4 Å². The highest BCUT2D eigenvalue weighted by Crippen LogP contribution is 2.29. The van der Waals surface area contributed by atoms with Crippen molar-refractivity contribution in [3.05, 3.63) is 23.8 Å². The van der Waals surface area contributed by atoms with Crippen molar-refractivity contribution in [3.63, 3.8) is 0 Å². The molecule has 1 atom stereocenters. The van der Waals surface area contributed by atoms with Gasteiger partial charge in [0.05, 0.1) is 18.8 Å². The molecule has 1 aromatic rings. The summed E-state index contributed by atoms with van der Waals surface area (Å²) in [7, 11) is 1.45. The van der Waals surface area contributed by atoms with Gasteiger partial charge in [-0.05, 0) is 31.4 Å². The van der Waals surface area contributed by atoms with Gasteiger partial charge in [0, 0.05) is 13.2 Å². The van der Waals surface area contributed by atoms with Crippen LogP contribution in [0.5, 0.6) is 11.5 Å². The molecule has 0 aliphatic carbocycles. The summed E-state index contributed by atoms with van der Waals surface area (Å²) in [5.41, 5.74) is 0.218. The first-order chi connectivity index (χ1) is 9.22. The Bertz CT molecular complexity index is 441. The van der Waals surface area contributed by atoms with E-state index < -0.39 is 0 Å². The van der Waals surface area contributed by atoms with E-state index in [1.165, 1.54) is 7.11 Å². The number of phenols is 1. The number of carbonyl (C=O) groups excluding carboxylic acids is 1. The molecule has 1 amide bonds. The topological polar surface area (TPSA) is 67.8 Å². The molecule has 1 saturated heterocycles. The van der Waals surface area contributed by atoms with Crippen LogP contribution in [0.4, 0.5) is 0 Å². The summed E-state index contributed by atoms with van der Waals surface area (Å²) in [6.07, 6.45) is 3.25. The first kappa shape index (κ1) is 13.7. The van der Waals surface area contributed by atoms with Crippen molar-refractivity contribution in [1.29, 1.82) is 0 Å². The van der Waals surface area contributed by atoms with Gasteiger partial charge in [-0.2, -0.15) is 0 Å². The molecular formula is C14H19NO4. The molecule has 104 valence electrons. The van der Waals surface area contributed by atoms with E-state index in [0.717, 1.165) is 25.9 Å². The maximum atomic E-state index is 12.0. The lowest BCUT2D eigenvalue weighted by atomic mass is 10.1. The van der Waals surface area contributed by atoms with Crippen LogP contribution in [0.3, 0.4) is 0 Å². The maximum Gasteiger partial charge on any atom is 0.255 e. The minimum atomic E-state index is -0.314. The van der Waals surface area contributed by atoms with E-state index in [-0.39, 0.29) is 23.3 Å². The first-order valence-corrected chi connectivity index (χ1v) is 6.48. The smallest absolute Gasteiger partial charge is 0.255 e. The van der Waals surface area contributed by atoms with E-state index in [1.807, 2.05) is 0 Å². The SMILES string of the molecule is COc1cccc(C(=O)NCC2CCCCO2)c1O. The second-order valence-corrected chi connectivity index (χ2v) is 4.56. The van der Waals surface area contributed by atoms with Crippen LogP contribution in [0.15, 0.2) is 18.2 Å². The van der Waals surface area contributed by atoms with Crippen LogP contribution < -0.4 is 10.1 Å². The summed E-state index contributed by atoms with van der Waals surface area (Å²) in [5.74, 6) is -0.154. The summed E-state index contributed by atoms with van der Waals surface area (Å²) in [4.78, 5) is 12.0. The number of amides is 1. The van der Waals surface area contributed by atoms with E-state index in [2.05, 4.69) is 5.32 Å².